The van der Waals surface area contributed by atoms with E-state index in [0.717, 1.165) is 27.9 Å². The van der Waals surface area contributed by atoms with Crippen molar-refractivity contribution in [2.75, 3.05) is 31.1 Å². The van der Waals surface area contributed by atoms with Gasteiger partial charge in [-0.1, -0.05) is 0 Å². The molecular weight excluding hydrogens is 370 g/mol. The van der Waals surface area contributed by atoms with Crippen molar-refractivity contribution >= 4 is 15.7 Å². The summed E-state index contributed by atoms with van der Waals surface area (Å²) in [5.41, 5.74) is 6.63. The van der Waals surface area contributed by atoms with E-state index in [-0.39, 0.29) is 0 Å². The van der Waals surface area contributed by atoms with Gasteiger partial charge in [0, 0.05) is 31.9 Å². The molecule has 0 aromatic heterocycles. The summed E-state index contributed by atoms with van der Waals surface area (Å²) >= 11 is 0. The number of rotatable bonds is 3. The molecule has 1 fully saturated rings. The highest BCUT2D eigenvalue weighted by Crippen LogP contribution is 2.32. The Balaban J connectivity index is 1.85. The Kier molecular flexibility index (Phi) is 5.51. The van der Waals surface area contributed by atoms with Gasteiger partial charge in [-0.2, -0.15) is 9.57 Å². The summed E-state index contributed by atoms with van der Waals surface area (Å²) < 4.78 is 28.5. The van der Waals surface area contributed by atoms with E-state index in [1.807, 2.05) is 39.8 Å². The minimum absolute atomic E-state index is 0.452. The number of nitrogens with zero attached hydrogens (tertiary/aromatic N) is 3. The van der Waals surface area contributed by atoms with E-state index in [4.69, 9.17) is 5.26 Å². The highest BCUT2D eigenvalue weighted by molar-refractivity contribution is 7.89. The van der Waals surface area contributed by atoms with Gasteiger partial charge in [0.1, 0.15) is 0 Å². The van der Waals surface area contributed by atoms with E-state index in [2.05, 4.69) is 17.9 Å². The monoisotopic (exact) mass is 397 g/mol. The molecular formula is C22H27N3O2S. The molecule has 0 radical (unpaired) electrons. The first kappa shape index (κ1) is 20.4. The first-order valence-corrected chi connectivity index (χ1v) is 10.9. The molecule has 0 unspecified atom stereocenters. The lowest BCUT2D eigenvalue weighted by atomic mass is 9.95. The maximum absolute atomic E-state index is 13.4. The fraction of sp³-hybridized carbons (Fsp3) is 0.409. The van der Waals surface area contributed by atoms with Gasteiger partial charge in [0.15, 0.2) is 0 Å². The molecule has 0 amide bonds. The van der Waals surface area contributed by atoms with Gasteiger partial charge in [0.2, 0.25) is 10.0 Å². The largest absolute Gasteiger partial charge is 0.369 e. The molecule has 6 heteroatoms. The minimum Gasteiger partial charge on any atom is -0.369 e. The van der Waals surface area contributed by atoms with Crippen molar-refractivity contribution in [1.29, 1.82) is 5.26 Å². The minimum atomic E-state index is -3.54. The van der Waals surface area contributed by atoms with Crippen molar-refractivity contribution in [3.8, 4) is 6.07 Å². The molecule has 1 heterocycles. The lowest BCUT2D eigenvalue weighted by molar-refractivity contribution is 0.384. The van der Waals surface area contributed by atoms with Crippen LogP contribution in [0.1, 0.15) is 33.4 Å². The second-order valence-electron chi connectivity index (χ2n) is 7.50. The fourth-order valence-corrected chi connectivity index (χ4v) is 5.90. The van der Waals surface area contributed by atoms with E-state index >= 15 is 0 Å². The maximum atomic E-state index is 13.4. The van der Waals surface area contributed by atoms with Gasteiger partial charge in [-0.25, -0.2) is 8.42 Å². The topological polar surface area (TPSA) is 64.4 Å². The molecule has 1 saturated heterocycles. The zero-order valence-corrected chi connectivity index (χ0v) is 18.0. The zero-order valence-electron chi connectivity index (χ0n) is 17.2. The number of anilines is 1. The Hall–Kier alpha value is -2.36. The van der Waals surface area contributed by atoms with E-state index < -0.39 is 10.0 Å². The number of hydrogen-bond acceptors (Lipinski definition) is 4. The normalized spacial score (nSPS) is 15.5. The number of piperazine rings is 1. The second-order valence-corrected chi connectivity index (χ2v) is 9.38. The van der Waals surface area contributed by atoms with Crippen LogP contribution in [0.2, 0.25) is 0 Å². The number of sulfonamides is 1. The predicted octanol–water partition coefficient (Wildman–Crippen LogP) is 3.61. The average Bonchev–Trinajstić information content (AvgIpc) is 2.71. The lowest BCUT2D eigenvalue weighted by Crippen LogP contribution is -2.49. The van der Waals surface area contributed by atoms with Gasteiger partial charge in [0.25, 0.3) is 0 Å². The molecule has 2 aromatic rings. The third-order valence-corrected chi connectivity index (χ3v) is 8.30. The maximum Gasteiger partial charge on any atom is 0.243 e. The molecule has 5 nitrogen and oxygen atoms in total. The number of nitriles is 1. The summed E-state index contributed by atoms with van der Waals surface area (Å²) in [6, 6.07) is 9.55. The summed E-state index contributed by atoms with van der Waals surface area (Å²) in [4.78, 5) is 2.64. The zero-order chi connectivity index (χ0) is 20.6. The van der Waals surface area contributed by atoms with Crippen LogP contribution in [0.4, 0.5) is 5.69 Å². The van der Waals surface area contributed by atoms with Crippen molar-refractivity contribution in [2.24, 2.45) is 0 Å². The van der Waals surface area contributed by atoms with Crippen LogP contribution in [-0.4, -0.2) is 38.9 Å². The van der Waals surface area contributed by atoms with Gasteiger partial charge in [0.05, 0.1) is 16.5 Å². The van der Waals surface area contributed by atoms with Crippen LogP contribution in [0.3, 0.4) is 0 Å². The quantitative estimate of drug-likeness (QED) is 0.794. The van der Waals surface area contributed by atoms with Crippen LogP contribution in [0.15, 0.2) is 29.2 Å². The van der Waals surface area contributed by atoms with Gasteiger partial charge < -0.3 is 4.90 Å². The second kappa shape index (κ2) is 7.57. The highest BCUT2D eigenvalue weighted by atomic mass is 32.2. The van der Waals surface area contributed by atoms with E-state index in [1.54, 1.807) is 16.4 Å². The summed E-state index contributed by atoms with van der Waals surface area (Å²) in [6.07, 6.45) is 0. The molecule has 0 spiro atoms. The van der Waals surface area contributed by atoms with Crippen LogP contribution in [-0.2, 0) is 10.0 Å². The third kappa shape index (κ3) is 3.41. The SMILES string of the molecule is Cc1c(C)c(C)c(S(=O)(=O)N2CCN(c3ccc(C#N)cc3)CC2)c(C)c1C. The predicted molar refractivity (Wildman–Crippen MR) is 112 cm³/mol. The van der Waals surface area contributed by atoms with Crippen molar-refractivity contribution in [2.45, 2.75) is 39.5 Å². The van der Waals surface area contributed by atoms with Gasteiger partial charge >= 0.3 is 0 Å². The van der Waals surface area contributed by atoms with Crippen molar-refractivity contribution in [1.82, 2.24) is 4.31 Å². The Morgan fingerprint density at radius 2 is 1.25 bits per heavy atom. The van der Waals surface area contributed by atoms with Crippen LogP contribution < -0.4 is 4.90 Å². The smallest absolute Gasteiger partial charge is 0.243 e. The molecule has 1 aliphatic heterocycles. The van der Waals surface area contributed by atoms with Crippen LogP contribution in [0.25, 0.3) is 0 Å². The molecule has 0 atom stereocenters. The Morgan fingerprint density at radius 3 is 1.71 bits per heavy atom. The van der Waals surface area contributed by atoms with Crippen molar-refractivity contribution in [3.05, 3.63) is 57.6 Å². The fourth-order valence-electron chi connectivity index (χ4n) is 3.92. The van der Waals surface area contributed by atoms with Gasteiger partial charge in [-0.3, -0.25) is 0 Å². The molecule has 0 bridgehead atoms. The summed E-state index contributed by atoms with van der Waals surface area (Å²) in [5.74, 6) is 0. The highest BCUT2D eigenvalue weighted by Gasteiger charge is 2.32. The molecule has 28 heavy (non-hydrogen) atoms. The van der Waals surface area contributed by atoms with Crippen LogP contribution >= 0.6 is 0 Å². The first-order valence-electron chi connectivity index (χ1n) is 9.50. The standard InChI is InChI=1S/C22H27N3O2S/c1-15-16(2)18(4)22(19(5)17(15)3)28(26,27)25-12-10-24(11-13-25)21-8-6-20(14-23)7-9-21/h6-9H,10-13H2,1-5H3. The average molecular weight is 398 g/mol. The van der Waals surface area contributed by atoms with E-state index in [0.29, 0.717) is 36.6 Å². The number of hydrogen-bond donors (Lipinski definition) is 0. The molecule has 2 aromatic carbocycles. The van der Waals surface area contributed by atoms with E-state index in [1.165, 1.54) is 5.56 Å². The van der Waals surface area contributed by atoms with Gasteiger partial charge in [-0.05, 0) is 86.7 Å². The molecule has 1 aliphatic rings. The summed E-state index contributed by atoms with van der Waals surface area (Å²) in [6.45, 7) is 12.0. The summed E-state index contributed by atoms with van der Waals surface area (Å²) in [7, 11) is -3.54. The van der Waals surface area contributed by atoms with Gasteiger partial charge in [-0.15, -0.1) is 0 Å². The molecule has 0 aliphatic carbocycles. The molecule has 148 valence electrons. The van der Waals surface area contributed by atoms with Crippen molar-refractivity contribution in [3.63, 3.8) is 0 Å². The molecule has 0 saturated carbocycles. The first-order chi connectivity index (χ1) is 13.2. The summed E-state index contributed by atoms with van der Waals surface area (Å²) in [5, 5.41) is 8.94. The Labute approximate surface area is 168 Å². The molecule has 0 N–H and O–H groups in total. The van der Waals surface area contributed by atoms with E-state index in [9.17, 15) is 8.42 Å². The lowest BCUT2D eigenvalue weighted by Gasteiger charge is -2.36. The number of benzene rings is 2. The Morgan fingerprint density at radius 1 is 0.786 bits per heavy atom. The van der Waals surface area contributed by atoms with Crippen molar-refractivity contribution < 1.29 is 8.42 Å². The third-order valence-electron chi connectivity index (χ3n) is 6.13. The van der Waals surface area contributed by atoms with Crippen LogP contribution in [0, 0.1) is 45.9 Å². The Bertz CT molecular complexity index is 1010. The van der Waals surface area contributed by atoms with Crippen LogP contribution in [0.5, 0.6) is 0 Å². The molecule has 3 rings (SSSR count).